The minimum absolute atomic E-state index is 0. The smallest absolute Gasteiger partial charge is 0.220 e. The molecule has 1 saturated heterocycles. The molecular formula is C16H21ClN2OS. The van der Waals surface area contributed by atoms with Gasteiger partial charge in [-0.25, -0.2) is 0 Å². The Morgan fingerprint density at radius 3 is 3.05 bits per heavy atom. The number of thiophene rings is 1. The second-order valence-electron chi connectivity index (χ2n) is 5.43. The number of rotatable bonds is 5. The van der Waals surface area contributed by atoms with Gasteiger partial charge in [0.2, 0.25) is 5.91 Å². The molecule has 1 atom stereocenters. The second-order valence-corrected chi connectivity index (χ2v) is 6.34. The Morgan fingerprint density at radius 1 is 1.38 bits per heavy atom. The number of hydrogen-bond acceptors (Lipinski definition) is 3. The number of hydrogen-bond donors (Lipinski definition) is 2. The van der Waals surface area contributed by atoms with Gasteiger partial charge in [0.05, 0.1) is 0 Å². The first-order valence-corrected chi connectivity index (χ1v) is 8.13. The maximum Gasteiger partial charge on any atom is 0.220 e. The topological polar surface area (TPSA) is 41.1 Å². The summed E-state index contributed by atoms with van der Waals surface area (Å²) >= 11 is 1.74. The summed E-state index contributed by atoms with van der Waals surface area (Å²) in [4.78, 5) is 11.9. The fraction of sp³-hybridized carbons (Fsp3) is 0.438. The first-order chi connectivity index (χ1) is 9.83. The van der Waals surface area contributed by atoms with Crippen LogP contribution in [0.1, 0.15) is 24.8 Å². The van der Waals surface area contributed by atoms with Crippen molar-refractivity contribution in [2.75, 3.05) is 13.1 Å². The van der Waals surface area contributed by atoms with Crippen LogP contribution in [0.2, 0.25) is 0 Å². The van der Waals surface area contributed by atoms with Crippen molar-refractivity contribution in [2.45, 2.75) is 25.8 Å². The van der Waals surface area contributed by atoms with Crippen LogP contribution >= 0.6 is 23.7 Å². The SMILES string of the molecule is Cl.O=C(CCC1CCNC1)NCc1csc2ccccc12. The Labute approximate surface area is 135 Å². The van der Waals surface area contributed by atoms with Crippen LogP contribution in [0, 0.1) is 5.92 Å². The molecule has 1 aromatic carbocycles. The quantitative estimate of drug-likeness (QED) is 0.885. The van der Waals surface area contributed by atoms with E-state index in [1.54, 1.807) is 11.3 Å². The Morgan fingerprint density at radius 2 is 2.24 bits per heavy atom. The highest BCUT2D eigenvalue weighted by Crippen LogP contribution is 2.25. The van der Waals surface area contributed by atoms with Crippen LogP contribution < -0.4 is 10.6 Å². The summed E-state index contributed by atoms with van der Waals surface area (Å²) in [6.45, 7) is 2.82. The highest BCUT2D eigenvalue weighted by atomic mass is 35.5. The lowest BCUT2D eigenvalue weighted by atomic mass is 10.0. The van der Waals surface area contributed by atoms with Gasteiger partial charge in [0.25, 0.3) is 0 Å². The minimum Gasteiger partial charge on any atom is -0.352 e. The van der Waals surface area contributed by atoms with Gasteiger partial charge in [-0.3, -0.25) is 4.79 Å². The zero-order valence-corrected chi connectivity index (χ0v) is 13.6. The molecule has 1 fully saturated rings. The number of halogens is 1. The van der Waals surface area contributed by atoms with Crippen LogP contribution in [0.15, 0.2) is 29.6 Å². The molecule has 0 aliphatic carbocycles. The predicted molar refractivity (Wildman–Crippen MR) is 91.1 cm³/mol. The summed E-state index contributed by atoms with van der Waals surface area (Å²) in [7, 11) is 0. The molecule has 2 heterocycles. The highest BCUT2D eigenvalue weighted by molar-refractivity contribution is 7.17. The molecule has 0 saturated carbocycles. The van der Waals surface area contributed by atoms with Gasteiger partial charge in [-0.15, -0.1) is 23.7 Å². The lowest BCUT2D eigenvalue weighted by molar-refractivity contribution is -0.121. The molecule has 3 nitrogen and oxygen atoms in total. The number of carbonyl (C=O) groups excluding carboxylic acids is 1. The maximum atomic E-state index is 11.9. The fourth-order valence-electron chi connectivity index (χ4n) is 2.75. The van der Waals surface area contributed by atoms with Crippen molar-refractivity contribution in [1.29, 1.82) is 0 Å². The predicted octanol–water partition coefficient (Wildman–Crippen LogP) is 3.33. The van der Waals surface area contributed by atoms with E-state index in [0.29, 0.717) is 18.9 Å². The van der Waals surface area contributed by atoms with Gasteiger partial charge in [-0.05, 0) is 54.2 Å². The average molecular weight is 325 g/mol. The van der Waals surface area contributed by atoms with E-state index < -0.39 is 0 Å². The lowest BCUT2D eigenvalue weighted by Gasteiger charge is -2.08. The van der Waals surface area contributed by atoms with Crippen molar-refractivity contribution in [3.05, 3.63) is 35.2 Å². The van der Waals surface area contributed by atoms with Crippen molar-refractivity contribution in [3.63, 3.8) is 0 Å². The summed E-state index contributed by atoms with van der Waals surface area (Å²) in [5, 5.41) is 9.80. The Bertz CT molecular complexity index is 593. The Balaban J connectivity index is 0.00000161. The van der Waals surface area contributed by atoms with Gasteiger partial charge in [0, 0.05) is 17.7 Å². The van der Waals surface area contributed by atoms with E-state index in [1.807, 2.05) is 6.07 Å². The van der Waals surface area contributed by atoms with E-state index in [-0.39, 0.29) is 18.3 Å². The normalized spacial score (nSPS) is 17.6. The number of carbonyl (C=O) groups is 1. The fourth-order valence-corrected chi connectivity index (χ4v) is 3.71. The average Bonchev–Trinajstić information content (AvgIpc) is 3.12. The highest BCUT2D eigenvalue weighted by Gasteiger charge is 2.15. The third kappa shape index (κ3) is 4.19. The molecule has 1 aliphatic heterocycles. The van der Waals surface area contributed by atoms with Crippen LogP contribution in [0.3, 0.4) is 0 Å². The Kier molecular flexibility index (Phi) is 6.03. The lowest BCUT2D eigenvalue weighted by Crippen LogP contribution is -2.23. The number of fused-ring (bicyclic) bond motifs is 1. The summed E-state index contributed by atoms with van der Waals surface area (Å²) in [5.74, 6) is 0.856. The van der Waals surface area contributed by atoms with E-state index in [1.165, 1.54) is 22.1 Å². The van der Waals surface area contributed by atoms with E-state index >= 15 is 0 Å². The monoisotopic (exact) mass is 324 g/mol. The van der Waals surface area contributed by atoms with Gasteiger partial charge in [-0.2, -0.15) is 0 Å². The van der Waals surface area contributed by atoms with Crippen LogP contribution in [0.4, 0.5) is 0 Å². The van der Waals surface area contributed by atoms with Crippen molar-refractivity contribution in [1.82, 2.24) is 10.6 Å². The standard InChI is InChI=1S/C16H20N2OS.ClH/c19-16(6-5-12-7-8-17-9-12)18-10-13-11-20-15-4-2-1-3-14(13)15;/h1-4,11-12,17H,5-10H2,(H,18,19);1H. The molecule has 114 valence electrons. The molecule has 1 amide bonds. The van der Waals surface area contributed by atoms with Crippen molar-refractivity contribution >= 4 is 39.7 Å². The molecule has 21 heavy (non-hydrogen) atoms. The van der Waals surface area contributed by atoms with Crippen molar-refractivity contribution < 1.29 is 4.79 Å². The van der Waals surface area contributed by atoms with E-state index in [4.69, 9.17) is 0 Å². The molecular weight excluding hydrogens is 304 g/mol. The van der Waals surface area contributed by atoms with Crippen LogP contribution in [0.5, 0.6) is 0 Å². The van der Waals surface area contributed by atoms with Gasteiger partial charge in [0.1, 0.15) is 0 Å². The van der Waals surface area contributed by atoms with Gasteiger partial charge < -0.3 is 10.6 Å². The van der Waals surface area contributed by atoms with E-state index in [9.17, 15) is 4.79 Å². The number of amides is 1. The molecule has 1 aromatic heterocycles. The number of benzene rings is 1. The van der Waals surface area contributed by atoms with E-state index in [2.05, 4.69) is 34.2 Å². The molecule has 2 aromatic rings. The molecule has 0 radical (unpaired) electrons. The first-order valence-electron chi connectivity index (χ1n) is 7.25. The van der Waals surface area contributed by atoms with E-state index in [0.717, 1.165) is 19.5 Å². The minimum atomic E-state index is 0. The third-order valence-corrected chi connectivity index (χ3v) is 4.99. The molecule has 1 aliphatic rings. The first kappa shape index (κ1) is 16.3. The molecule has 1 unspecified atom stereocenters. The van der Waals surface area contributed by atoms with Crippen molar-refractivity contribution in [3.8, 4) is 0 Å². The van der Waals surface area contributed by atoms with Gasteiger partial charge in [-0.1, -0.05) is 18.2 Å². The zero-order chi connectivity index (χ0) is 13.8. The zero-order valence-electron chi connectivity index (χ0n) is 11.9. The summed E-state index contributed by atoms with van der Waals surface area (Å²) in [6.07, 6.45) is 2.86. The Hall–Kier alpha value is -1.10. The van der Waals surface area contributed by atoms with Gasteiger partial charge >= 0.3 is 0 Å². The van der Waals surface area contributed by atoms with Crippen LogP contribution in [-0.2, 0) is 11.3 Å². The summed E-state index contributed by atoms with van der Waals surface area (Å²) in [5.41, 5.74) is 1.22. The molecule has 5 heteroatoms. The summed E-state index contributed by atoms with van der Waals surface area (Å²) in [6, 6.07) is 8.35. The third-order valence-electron chi connectivity index (χ3n) is 3.98. The second kappa shape index (κ2) is 7.78. The van der Waals surface area contributed by atoms with Crippen molar-refractivity contribution in [2.24, 2.45) is 5.92 Å². The molecule has 2 N–H and O–H groups in total. The van der Waals surface area contributed by atoms with Gasteiger partial charge in [0.15, 0.2) is 0 Å². The number of nitrogens with one attached hydrogen (secondary N) is 2. The molecule has 3 rings (SSSR count). The summed E-state index contributed by atoms with van der Waals surface area (Å²) < 4.78 is 1.29. The van der Waals surface area contributed by atoms with Crippen LogP contribution in [-0.4, -0.2) is 19.0 Å². The maximum absolute atomic E-state index is 11.9. The largest absolute Gasteiger partial charge is 0.352 e. The molecule has 0 spiro atoms. The van der Waals surface area contributed by atoms with Crippen LogP contribution in [0.25, 0.3) is 10.1 Å². The molecule has 0 bridgehead atoms.